The Balaban J connectivity index is 3.04. The van der Waals surface area contributed by atoms with Gasteiger partial charge in [0.2, 0.25) is 0 Å². The van der Waals surface area contributed by atoms with Crippen molar-refractivity contribution in [2.45, 2.75) is 19.4 Å². The van der Waals surface area contributed by atoms with E-state index in [0.29, 0.717) is 12.0 Å². The minimum absolute atomic E-state index is 0.0609. The molecular weight excluding hydrogens is 157 g/mol. The van der Waals surface area contributed by atoms with E-state index in [1.165, 1.54) is 18.2 Å². The van der Waals surface area contributed by atoms with E-state index in [2.05, 4.69) is 0 Å². The van der Waals surface area contributed by atoms with Crippen LogP contribution in [0, 0.1) is 5.82 Å². The van der Waals surface area contributed by atoms with Crippen LogP contribution in [0.3, 0.4) is 0 Å². The van der Waals surface area contributed by atoms with Crippen LogP contribution in [-0.4, -0.2) is 5.11 Å². The lowest BCUT2D eigenvalue weighted by Gasteiger charge is -2.10. The average Bonchev–Trinajstić information content (AvgIpc) is 2.08. The lowest BCUT2D eigenvalue weighted by molar-refractivity contribution is 0.457. The first-order valence-corrected chi connectivity index (χ1v) is 3.89. The third-order valence-electron chi connectivity index (χ3n) is 1.83. The molecule has 0 amide bonds. The summed E-state index contributed by atoms with van der Waals surface area (Å²) in [5.74, 6) is -0.308. The molecule has 0 radical (unpaired) electrons. The van der Waals surface area contributed by atoms with E-state index in [4.69, 9.17) is 5.73 Å². The number of nitrogens with two attached hydrogens (primary N) is 1. The molecule has 66 valence electrons. The Morgan fingerprint density at radius 2 is 2.25 bits per heavy atom. The van der Waals surface area contributed by atoms with Crippen molar-refractivity contribution >= 4 is 0 Å². The first kappa shape index (κ1) is 9.00. The maximum absolute atomic E-state index is 12.7. The maximum atomic E-state index is 12.7. The normalized spacial score (nSPS) is 12.9. The largest absolute Gasteiger partial charge is 0.508 e. The van der Waals surface area contributed by atoms with Crippen LogP contribution in [0.5, 0.6) is 5.75 Å². The summed E-state index contributed by atoms with van der Waals surface area (Å²) in [4.78, 5) is 0. The second-order valence-electron chi connectivity index (χ2n) is 2.72. The molecule has 0 aliphatic rings. The molecule has 3 N–H and O–H groups in total. The Bertz CT molecular complexity index is 275. The molecule has 0 spiro atoms. The Morgan fingerprint density at radius 1 is 1.58 bits per heavy atom. The molecular formula is C9H12FNO. The van der Waals surface area contributed by atoms with Crippen LogP contribution < -0.4 is 5.73 Å². The van der Waals surface area contributed by atoms with Gasteiger partial charge in [-0.3, -0.25) is 0 Å². The first-order chi connectivity index (χ1) is 5.65. The molecule has 0 saturated carbocycles. The van der Waals surface area contributed by atoms with E-state index >= 15 is 0 Å². The quantitative estimate of drug-likeness (QED) is 0.710. The van der Waals surface area contributed by atoms with Crippen LogP contribution in [0.25, 0.3) is 0 Å². The Hall–Kier alpha value is -1.09. The topological polar surface area (TPSA) is 46.2 Å². The Labute approximate surface area is 70.8 Å². The fourth-order valence-electron chi connectivity index (χ4n) is 1.04. The minimum Gasteiger partial charge on any atom is -0.508 e. The smallest absolute Gasteiger partial charge is 0.123 e. The summed E-state index contributed by atoms with van der Waals surface area (Å²) in [5.41, 5.74) is 6.11. The van der Waals surface area contributed by atoms with Crippen molar-refractivity contribution in [1.82, 2.24) is 0 Å². The highest BCUT2D eigenvalue weighted by molar-refractivity contribution is 5.34. The van der Waals surface area contributed by atoms with E-state index in [1.807, 2.05) is 6.92 Å². The molecule has 0 bridgehead atoms. The van der Waals surface area contributed by atoms with E-state index in [9.17, 15) is 9.50 Å². The zero-order valence-electron chi connectivity index (χ0n) is 6.92. The SMILES string of the molecule is CC[C@H](N)c1cc(F)ccc1O. The summed E-state index contributed by atoms with van der Waals surface area (Å²) in [6.07, 6.45) is 0.678. The highest BCUT2D eigenvalue weighted by Crippen LogP contribution is 2.24. The van der Waals surface area contributed by atoms with Gasteiger partial charge in [-0.1, -0.05) is 6.92 Å². The van der Waals surface area contributed by atoms with Gasteiger partial charge in [0.15, 0.2) is 0 Å². The van der Waals surface area contributed by atoms with Gasteiger partial charge in [0.05, 0.1) is 0 Å². The van der Waals surface area contributed by atoms with E-state index in [1.54, 1.807) is 0 Å². The van der Waals surface area contributed by atoms with Crippen LogP contribution in [-0.2, 0) is 0 Å². The van der Waals surface area contributed by atoms with Crippen molar-refractivity contribution < 1.29 is 9.50 Å². The van der Waals surface area contributed by atoms with Crippen molar-refractivity contribution in [3.63, 3.8) is 0 Å². The summed E-state index contributed by atoms with van der Waals surface area (Å²) >= 11 is 0. The molecule has 1 atom stereocenters. The molecule has 1 aromatic rings. The lowest BCUT2D eigenvalue weighted by atomic mass is 10.0. The van der Waals surface area contributed by atoms with Gasteiger partial charge in [0, 0.05) is 11.6 Å². The van der Waals surface area contributed by atoms with Crippen molar-refractivity contribution in [2.75, 3.05) is 0 Å². The van der Waals surface area contributed by atoms with E-state index in [0.717, 1.165) is 0 Å². The fourth-order valence-corrected chi connectivity index (χ4v) is 1.04. The van der Waals surface area contributed by atoms with Crippen LogP contribution in [0.2, 0.25) is 0 Å². The molecule has 0 heterocycles. The van der Waals surface area contributed by atoms with Gasteiger partial charge in [0.1, 0.15) is 11.6 Å². The summed E-state index contributed by atoms with van der Waals surface area (Å²) in [5, 5.41) is 9.29. The Morgan fingerprint density at radius 3 is 2.83 bits per heavy atom. The molecule has 0 fully saturated rings. The molecule has 12 heavy (non-hydrogen) atoms. The monoisotopic (exact) mass is 169 g/mol. The van der Waals surface area contributed by atoms with Crippen molar-refractivity contribution in [3.8, 4) is 5.75 Å². The van der Waals surface area contributed by atoms with Gasteiger partial charge in [-0.05, 0) is 24.6 Å². The molecule has 3 heteroatoms. The number of hydrogen-bond donors (Lipinski definition) is 2. The number of hydrogen-bond acceptors (Lipinski definition) is 2. The standard InChI is InChI=1S/C9H12FNO/c1-2-8(11)7-5-6(10)3-4-9(7)12/h3-5,8,12H,2,11H2,1H3/t8-/m0/s1. The van der Waals surface area contributed by atoms with Gasteiger partial charge in [-0.2, -0.15) is 0 Å². The lowest BCUT2D eigenvalue weighted by Crippen LogP contribution is -2.08. The van der Waals surface area contributed by atoms with Crippen molar-refractivity contribution in [2.24, 2.45) is 5.73 Å². The molecule has 1 aromatic carbocycles. The second kappa shape index (κ2) is 3.54. The van der Waals surface area contributed by atoms with Crippen molar-refractivity contribution in [3.05, 3.63) is 29.6 Å². The van der Waals surface area contributed by atoms with Gasteiger partial charge >= 0.3 is 0 Å². The zero-order chi connectivity index (χ0) is 9.14. The highest BCUT2D eigenvalue weighted by Gasteiger charge is 2.09. The van der Waals surface area contributed by atoms with Gasteiger partial charge < -0.3 is 10.8 Å². The molecule has 2 nitrogen and oxygen atoms in total. The van der Waals surface area contributed by atoms with Crippen molar-refractivity contribution in [1.29, 1.82) is 0 Å². The van der Waals surface area contributed by atoms with Gasteiger partial charge in [-0.15, -0.1) is 0 Å². The maximum Gasteiger partial charge on any atom is 0.123 e. The number of rotatable bonds is 2. The van der Waals surface area contributed by atoms with Crippen LogP contribution in [0.1, 0.15) is 24.9 Å². The number of phenolic OH excluding ortho intramolecular Hbond substituents is 1. The second-order valence-corrected chi connectivity index (χ2v) is 2.72. The van der Waals surface area contributed by atoms with E-state index < -0.39 is 0 Å². The van der Waals surface area contributed by atoms with Gasteiger partial charge in [0.25, 0.3) is 0 Å². The van der Waals surface area contributed by atoms with E-state index in [-0.39, 0.29) is 17.6 Å². The third-order valence-corrected chi connectivity index (χ3v) is 1.83. The fraction of sp³-hybridized carbons (Fsp3) is 0.333. The predicted octanol–water partition coefficient (Wildman–Crippen LogP) is 1.94. The summed E-state index contributed by atoms with van der Waals surface area (Å²) < 4.78 is 12.7. The summed E-state index contributed by atoms with van der Waals surface area (Å²) in [6.45, 7) is 1.88. The minimum atomic E-state index is -0.369. The number of benzene rings is 1. The molecule has 0 aromatic heterocycles. The molecule has 0 aliphatic carbocycles. The highest BCUT2D eigenvalue weighted by atomic mass is 19.1. The molecule has 0 aliphatic heterocycles. The average molecular weight is 169 g/mol. The van der Waals surface area contributed by atoms with Gasteiger partial charge in [-0.25, -0.2) is 4.39 Å². The zero-order valence-corrected chi connectivity index (χ0v) is 6.92. The molecule has 0 saturated heterocycles. The third kappa shape index (κ3) is 1.74. The summed E-state index contributed by atoms with van der Waals surface area (Å²) in [6, 6.07) is 3.51. The number of aromatic hydroxyl groups is 1. The van der Waals surface area contributed by atoms with Crippen LogP contribution >= 0.6 is 0 Å². The number of halogens is 1. The summed E-state index contributed by atoms with van der Waals surface area (Å²) in [7, 11) is 0. The Kier molecular flexibility index (Phi) is 2.65. The van der Waals surface area contributed by atoms with Crippen LogP contribution in [0.4, 0.5) is 4.39 Å². The molecule has 1 rings (SSSR count). The predicted molar refractivity (Wildman–Crippen MR) is 45.3 cm³/mol. The van der Waals surface area contributed by atoms with Crippen LogP contribution in [0.15, 0.2) is 18.2 Å². The first-order valence-electron chi connectivity index (χ1n) is 3.89. The molecule has 0 unspecified atom stereocenters. The number of phenols is 1.